The van der Waals surface area contributed by atoms with Gasteiger partial charge in [-0.1, -0.05) is 49.6 Å². The Labute approximate surface area is 242 Å². The molecule has 6 nitrogen and oxygen atoms in total. The maximum Gasteiger partial charge on any atom is 0.251 e. The van der Waals surface area contributed by atoms with Crippen molar-refractivity contribution in [1.29, 1.82) is 0 Å². The van der Waals surface area contributed by atoms with Crippen molar-refractivity contribution in [1.82, 2.24) is 20.5 Å². The van der Waals surface area contributed by atoms with Gasteiger partial charge in [-0.3, -0.25) is 14.9 Å². The van der Waals surface area contributed by atoms with Crippen LogP contribution in [0.4, 0.5) is 0 Å². The van der Waals surface area contributed by atoms with Crippen LogP contribution in [-0.4, -0.2) is 32.3 Å². The first kappa shape index (κ1) is 26.4. The van der Waals surface area contributed by atoms with E-state index in [9.17, 15) is 9.90 Å². The lowest BCUT2D eigenvalue weighted by Crippen LogP contribution is -2.33. The number of nitrogens with zero attached hydrogens (tertiary/aromatic N) is 2. The van der Waals surface area contributed by atoms with Gasteiger partial charge in [-0.25, -0.2) is 0 Å². The highest BCUT2D eigenvalue weighted by molar-refractivity contribution is 6.01. The summed E-state index contributed by atoms with van der Waals surface area (Å²) in [6.45, 7) is 0. The van der Waals surface area contributed by atoms with E-state index in [0.717, 1.165) is 60.0 Å². The maximum absolute atomic E-state index is 13.5. The highest BCUT2D eigenvalue weighted by Crippen LogP contribution is 2.44. The third-order valence-corrected chi connectivity index (χ3v) is 10.1. The van der Waals surface area contributed by atoms with Gasteiger partial charge < -0.3 is 10.4 Å². The second-order valence-electron chi connectivity index (χ2n) is 12.8. The Kier molecular flexibility index (Phi) is 7.34. The smallest absolute Gasteiger partial charge is 0.251 e. The van der Waals surface area contributed by atoms with Gasteiger partial charge in [0.25, 0.3) is 5.91 Å². The van der Waals surface area contributed by atoms with Crippen LogP contribution < -0.4 is 5.32 Å². The molecular weight excluding hydrogens is 508 g/mol. The van der Waals surface area contributed by atoms with E-state index in [1.165, 1.54) is 37.7 Å². The number of hydrogen-bond acceptors (Lipinski definition) is 4. The summed E-state index contributed by atoms with van der Waals surface area (Å²) < 4.78 is 0. The summed E-state index contributed by atoms with van der Waals surface area (Å²) >= 11 is 0. The van der Waals surface area contributed by atoms with Crippen LogP contribution >= 0.6 is 0 Å². The van der Waals surface area contributed by atoms with Gasteiger partial charge in [-0.05, 0) is 105 Å². The fourth-order valence-corrected chi connectivity index (χ4v) is 8.01. The molecule has 41 heavy (non-hydrogen) atoms. The zero-order valence-corrected chi connectivity index (χ0v) is 23.6. The second-order valence-corrected chi connectivity index (χ2v) is 12.8. The zero-order chi connectivity index (χ0) is 27.8. The Morgan fingerprint density at radius 3 is 2.63 bits per heavy atom. The van der Waals surface area contributed by atoms with Crippen LogP contribution in [0.5, 0.6) is 0 Å². The van der Waals surface area contributed by atoms with E-state index in [2.05, 4.69) is 44.8 Å². The number of aromatic nitrogens is 3. The number of aliphatic hydroxyl groups excluding tert-OH is 1. The first-order chi connectivity index (χ1) is 20.1. The molecule has 2 heterocycles. The van der Waals surface area contributed by atoms with Gasteiger partial charge in [0.15, 0.2) is 0 Å². The molecule has 8 rings (SSSR count). The Morgan fingerprint density at radius 1 is 0.976 bits per heavy atom. The van der Waals surface area contributed by atoms with Crippen LogP contribution in [0.3, 0.4) is 0 Å². The number of amides is 1. The fourth-order valence-electron chi connectivity index (χ4n) is 8.01. The Balaban J connectivity index is 1.09. The molecule has 0 spiro atoms. The average molecular weight is 549 g/mol. The van der Waals surface area contributed by atoms with Crippen molar-refractivity contribution < 1.29 is 9.90 Å². The molecule has 4 aliphatic rings. The minimum absolute atomic E-state index is 0.0697. The summed E-state index contributed by atoms with van der Waals surface area (Å²) in [6.07, 6.45) is 13.2. The van der Waals surface area contributed by atoms with Gasteiger partial charge in [0.2, 0.25) is 0 Å². The topological polar surface area (TPSA) is 90.9 Å². The largest absolute Gasteiger partial charge is 0.393 e. The van der Waals surface area contributed by atoms with Gasteiger partial charge in [0, 0.05) is 22.7 Å². The SMILES string of the molecule is O=C(NC(c1ccccn1)C1CCCC1)c1ccc2[nH]nc(-c3ccc(CC4CC5CCC4CC(O)C5)cc3)c2c1. The first-order valence-electron chi connectivity index (χ1n) is 15.6. The van der Waals surface area contributed by atoms with E-state index in [1.54, 1.807) is 0 Å². The summed E-state index contributed by atoms with van der Waals surface area (Å²) in [5, 5.41) is 22.4. The molecule has 0 aliphatic heterocycles. The van der Waals surface area contributed by atoms with E-state index >= 15 is 0 Å². The highest BCUT2D eigenvalue weighted by Gasteiger charge is 2.36. The molecule has 5 atom stereocenters. The first-order valence-corrected chi connectivity index (χ1v) is 15.6. The van der Waals surface area contributed by atoms with E-state index in [1.807, 2.05) is 42.6 Å². The number of rotatable bonds is 7. The minimum Gasteiger partial charge on any atom is -0.393 e. The zero-order valence-electron chi connectivity index (χ0n) is 23.6. The van der Waals surface area contributed by atoms with Crippen LogP contribution in [0.15, 0.2) is 66.9 Å². The molecule has 4 aromatic rings. The molecule has 212 valence electrons. The fraction of sp³-hybridized carbons (Fsp3) is 0.457. The molecule has 2 aromatic carbocycles. The third kappa shape index (κ3) is 5.54. The summed E-state index contributed by atoms with van der Waals surface area (Å²) in [6, 6.07) is 20.5. The predicted octanol–water partition coefficient (Wildman–Crippen LogP) is 7.02. The van der Waals surface area contributed by atoms with Crippen molar-refractivity contribution in [2.45, 2.75) is 76.4 Å². The molecule has 3 N–H and O–H groups in total. The molecule has 6 heteroatoms. The Hall–Kier alpha value is -3.51. The average Bonchev–Trinajstić information content (AvgIpc) is 3.61. The van der Waals surface area contributed by atoms with Gasteiger partial charge in [0.1, 0.15) is 0 Å². The number of pyridine rings is 1. The molecule has 0 radical (unpaired) electrons. The molecule has 2 bridgehead atoms. The summed E-state index contributed by atoms with van der Waals surface area (Å²) in [5.41, 5.74) is 5.77. The van der Waals surface area contributed by atoms with E-state index < -0.39 is 0 Å². The number of aromatic amines is 1. The summed E-state index contributed by atoms with van der Waals surface area (Å²) in [7, 11) is 0. The molecular formula is C35H40N4O2. The number of benzene rings is 2. The van der Waals surface area contributed by atoms with Crippen LogP contribution in [0.1, 0.15) is 85.4 Å². The lowest BCUT2D eigenvalue weighted by Gasteiger charge is -2.32. The molecule has 2 aromatic heterocycles. The van der Waals surface area contributed by atoms with Crippen LogP contribution in [0, 0.1) is 23.7 Å². The van der Waals surface area contributed by atoms with Gasteiger partial charge >= 0.3 is 0 Å². The second kappa shape index (κ2) is 11.4. The molecule has 1 amide bonds. The predicted molar refractivity (Wildman–Crippen MR) is 161 cm³/mol. The summed E-state index contributed by atoms with van der Waals surface area (Å²) in [4.78, 5) is 18.1. The standard InChI is InChI=1S/C35H40N4O2/c40-29-19-23-10-13-26(20-29)28(18-23)17-22-8-11-25(12-9-22)33-30-21-27(14-15-31(30)38-39-33)35(41)37-34(24-5-1-2-6-24)32-7-3-4-16-36-32/h3-4,7-9,11-12,14-16,21,23-24,26,28-29,34,40H,1-2,5-6,10,13,17-20H2,(H,37,41)(H,38,39). The van der Waals surface area contributed by atoms with Crippen molar-refractivity contribution in [2.24, 2.45) is 23.7 Å². The lowest BCUT2D eigenvalue weighted by molar-refractivity contribution is 0.0920. The monoisotopic (exact) mass is 548 g/mol. The van der Waals surface area contributed by atoms with Crippen LogP contribution in [0.25, 0.3) is 22.2 Å². The highest BCUT2D eigenvalue weighted by atomic mass is 16.3. The number of carbonyl (C=O) groups is 1. The number of nitrogens with one attached hydrogen (secondary N) is 2. The summed E-state index contributed by atoms with van der Waals surface area (Å²) in [5.74, 6) is 2.35. The third-order valence-electron chi connectivity index (χ3n) is 10.1. The maximum atomic E-state index is 13.5. The Morgan fingerprint density at radius 2 is 1.83 bits per heavy atom. The van der Waals surface area contributed by atoms with Crippen molar-refractivity contribution in [3.63, 3.8) is 0 Å². The van der Waals surface area contributed by atoms with Crippen molar-refractivity contribution in [3.05, 3.63) is 83.7 Å². The van der Waals surface area contributed by atoms with E-state index in [4.69, 9.17) is 0 Å². The van der Waals surface area contributed by atoms with Crippen molar-refractivity contribution in [3.8, 4) is 11.3 Å². The van der Waals surface area contributed by atoms with Gasteiger partial charge in [-0.2, -0.15) is 5.10 Å². The lowest BCUT2D eigenvalue weighted by atomic mass is 9.73. The number of carbonyl (C=O) groups excluding carboxylic acids is 1. The van der Waals surface area contributed by atoms with Gasteiger partial charge in [-0.15, -0.1) is 0 Å². The number of H-pyrrole nitrogens is 1. The van der Waals surface area contributed by atoms with Crippen LogP contribution in [-0.2, 0) is 6.42 Å². The number of hydrogen-bond donors (Lipinski definition) is 3. The minimum atomic E-state index is -0.108. The molecule has 4 fully saturated rings. The molecule has 4 aliphatic carbocycles. The van der Waals surface area contributed by atoms with Gasteiger partial charge in [0.05, 0.1) is 29.1 Å². The van der Waals surface area contributed by atoms with Crippen molar-refractivity contribution >= 4 is 16.8 Å². The number of fused-ring (bicyclic) bond motifs is 5. The number of aliphatic hydroxyl groups is 1. The molecule has 0 saturated heterocycles. The molecule has 5 unspecified atom stereocenters. The molecule has 4 saturated carbocycles. The Bertz CT molecular complexity index is 1490. The quantitative estimate of drug-likeness (QED) is 0.232. The van der Waals surface area contributed by atoms with Crippen molar-refractivity contribution in [2.75, 3.05) is 0 Å². The van der Waals surface area contributed by atoms with E-state index in [0.29, 0.717) is 29.2 Å². The normalized spacial score (nSPS) is 25.3. The van der Waals surface area contributed by atoms with Crippen LogP contribution in [0.2, 0.25) is 0 Å². The van der Waals surface area contributed by atoms with E-state index in [-0.39, 0.29) is 18.1 Å².